The van der Waals surface area contributed by atoms with Crippen molar-refractivity contribution in [3.05, 3.63) is 62.3 Å². The van der Waals surface area contributed by atoms with Gasteiger partial charge in [0.15, 0.2) is 0 Å². The maximum Gasteiger partial charge on any atom is 0.338 e. The summed E-state index contributed by atoms with van der Waals surface area (Å²) in [4.78, 5) is 22.6. The standard InChI is InChI=1S/C15H15FN2O3/c1-3-10-8(2)13(17-18-14(10)19)7-9-4-5-12(16)11(6-9)15(20)21/h4-6H,3,7H2,1-2H3,(H,18,19)(H,20,21). The Hall–Kier alpha value is -2.50. The van der Waals surface area contributed by atoms with Gasteiger partial charge in [-0.25, -0.2) is 14.3 Å². The molecule has 0 aliphatic heterocycles. The van der Waals surface area contributed by atoms with Crippen molar-refractivity contribution in [1.29, 1.82) is 0 Å². The smallest absolute Gasteiger partial charge is 0.338 e. The molecule has 5 nitrogen and oxygen atoms in total. The van der Waals surface area contributed by atoms with Crippen LogP contribution in [0, 0.1) is 12.7 Å². The molecule has 2 N–H and O–H groups in total. The SMILES string of the molecule is CCc1c(C)c(Cc2ccc(F)c(C(=O)O)c2)n[nH]c1=O. The van der Waals surface area contributed by atoms with Crippen LogP contribution >= 0.6 is 0 Å². The van der Waals surface area contributed by atoms with Crippen LogP contribution in [-0.4, -0.2) is 21.3 Å². The topological polar surface area (TPSA) is 83.0 Å². The maximum atomic E-state index is 13.4. The number of aromatic carboxylic acids is 1. The van der Waals surface area contributed by atoms with E-state index in [-0.39, 0.29) is 11.1 Å². The van der Waals surface area contributed by atoms with Gasteiger partial charge in [0.05, 0.1) is 11.3 Å². The van der Waals surface area contributed by atoms with Crippen molar-refractivity contribution in [2.75, 3.05) is 0 Å². The Morgan fingerprint density at radius 1 is 1.43 bits per heavy atom. The van der Waals surface area contributed by atoms with Gasteiger partial charge in [-0.15, -0.1) is 0 Å². The average molecular weight is 290 g/mol. The highest BCUT2D eigenvalue weighted by Crippen LogP contribution is 2.16. The lowest BCUT2D eigenvalue weighted by Crippen LogP contribution is -2.18. The quantitative estimate of drug-likeness (QED) is 0.903. The molecule has 1 heterocycles. The number of carboxylic acid groups (broad SMARTS) is 1. The summed E-state index contributed by atoms with van der Waals surface area (Å²) in [5.41, 5.74) is 2.12. The first kappa shape index (κ1) is 14.9. The van der Waals surface area contributed by atoms with E-state index in [1.807, 2.05) is 6.92 Å². The molecule has 0 radical (unpaired) electrons. The van der Waals surface area contributed by atoms with Gasteiger partial charge in [-0.2, -0.15) is 5.10 Å². The van der Waals surface area contributed by atoms with Gasteiger partial charge >= 0.3 is 5.97 Å². The number of nitrogens with zero attached hydrogens (tertiary/aromatic N) is 1. The van der Waals surface area contributed by atoms with Crippen LogP contribution in [0.5, 0.6) is 0 Å². The van der Waals surface area contributed by atoms with Crippen molar-refractivity contribution in [3.63, 3.8) is 0 Å². The van der Waals surface area contributed by atoms with Crippen LogP contribution in [0.1, 0.15) is 39.7 Å². The number of H-pyrrole nitrogens is 1. The third kappa shape index (κ3) is 2.99. The number of hydrogen-bond acceptors (Lipinski definition) is 3. The number of aromatic amines is 1. The Kier molecular flexibility index (Phi) is 4.16. The number of benzene rings is 1. The molecule has 21 heavy (non-hydrogen) atoms. The van der Waals surface area contributed by atoms with E-state index in [9.17, 15) is 14.0 Å². The minimum atomic E-state index is -1.31. The van der Waals surface area contributed by atoms with Crippen LogP contribution in [0.4, 0.5) is 4.39 Å². The van der Waals surface area contributed by atoms with Crippen LogP contribution in [0.2, 0.25) is 0 Å². The number of nitrogens with one attached hydrogen (secondary N) is 1. The van der Waals surface area contributed by atoms with Gasteiger partial charge in [-0.1, -0.05) is 13.0 Å². The van der Waals surface area contributed by atoms with Crippen molar-refractivity contribution in [3.8, 4) is 0 Å². The summed E-state index contributed by atoms with van der Waals surface area (Å²) in [6.45, 7) is 3.68. The van der Waals surface area contributed by atoms with Crippen LogP contribution < -0.4 is 5.56 Å². The minimum Gasteiger partial charge on any atom is -0.478 e. The van der Waals surface area contributed by atoms with Crippen molar-refractivity contribution >= 4 is 5.97 Å². The Morgan fingerprint density at radius 3 is 2.76 bits per heavy atom. The molecule has 1 aromatic heterocycles. The molecular weight excluding hydrogens is 275 g/mol. The summed E-state index contributed by atoms with van der Waals surface area (Å²) >= 11 is 0. The molecule has 0 saturated carbocycles. The molecule has 0 saturated heterocycles. The lowest BCUT2D eigenvalue weighted by molar-refractivity contribution is 0.0691. The second-order valence-corrected chi connectivity index (χ2v) is 4.75. The van der Waals surface area contributed by atoms with Gasteiger partial charge in [-0.05, 0) is 36.6 Å². The molecule has 0 amide bonds. The molecule has 0 aliphatic carbocycles. The van der Waals surface area contributed by atoms with E-state index in [4.69, 9.17) is 5.11 Å². The monoisotopic (exact) mass is 290 g/mol. The lowest BCUT2D eigenvalue weighted by Gasteiger charge is -2.09. The Labute approximate surface area is 120 Å². The predicted octanol–water partition coefficient (Wildman–Crippen LogP) is 2.07. The van der Waals surface area contributed by atoms with E-state index in [2.05, 4.69) is 10.2 Å². The predicted molar refractivity (Wildman–Crippen MR) is 75.1 cm³/mol. The van der Waals surface area contributed by atoms with E-state index < -0.39 is 11.8 Å². The molecular formula is C15H15FN2O3. The summed E-state index contributed by atoms with van der Waals surface area (Å²) in [6.07, 6.45) is 0.913. The molecule has 0 spiro atoms. The van der Waals surface area contributed by atoms with Crippen molar-refractivity contribution < 1.29 is 14.3 Å². The highest BCUT2D eigenvalue weighted by atomic mass is 19.1. The van der Waals surface area contributed by atoms with Gasteiger partial charge in [0.1, 0.15) is 5.82 Å². The first-order valence-electron chi connectivity index (χ1n) is 6.52. The number of aromatic nitrogens is 2. The largest absolute Gasteiger partial charge is 0.478 e. The first-order chi connectivity index (χ1) is 9.93. The molecule has 0 bridgehead atoms. The summed E-state index contributed by atoms with van der Waals surface area (Å²) in [6, 6.07) is 3.93. The summed E-state index contributed by atoms with van der Waals surface area (Å²) in [7, 11) is 0. The Morgan fingerprint density at radius 2 is 2.14 bits per heavy atom. The zero-order valence-electron chi connectivity index (χ0n) is 11.7. The molecule has 0 atom stereocenters. The second kappa shape index (κ2) is 5.87. The third-order valence-corrected chi connectivity index (χ3v) is 3.44. The van der Waals surface area contributed by atoms with E-state index in [0.29, 0.717) is 29.7 Å². The van der Waals surface area contributed by atoms with E-state index in [1.54, 1.807) is 6.92 Å². The van der Waals surface area contributed by atoms with Crippen molar-refractivity contribution in [2.24, 2.45) is 0 Å². The van der Waals surface area contributed by atoms with Gasteiger partial charge in [0.25, 0.3) is 5.56 Å². The maximum absolute atomic E-state index is 13.4. The highest BCUT2D eigenvalue weighted by Gasteiger charge is 2.13. The fourth-order valence-electron chi connectivity index (χ4n) is 2.25. The second-order valence-electron chi connectivity index (χ2n) is 4.75. The van der Waals surface area contributed by atoms with Gasteiger partial charge in [0.2, 0.25) is 0 Å². The zero-order chi connectivity index (χ0) is 15.6. The van der Waals surface area contributed by atoms with Crippen LogP contribution in [0.15, 0.2) is 23.0 Å². The molecule has 1 aromatic carbocycles. The van der Waals surface area contributed by atoms with Crippen LogP contribution in [-0.2, 0) is 12.8 Å². The molecule has 2 aromatic rings. The molecule has 0 fully saturated rings. The fourth-order valence-corrected chi connectivity index (χ4v) is 2.25. The van der Waals surface area contributed by atoms with E-state index in [0.717, 1.165) is 11.6 Å². The average Bonchev–Trinajstić information content (AvgIpc) is 2.44. The van der Waals surface area contributed by atoms with Gasteiger partial charge in [0, 0.05) is 12.0 Å². The molecule has 0 aliphatic rings. The summed E-state index contributed by atoms with van der Waals surface area (Å²) in [5, 5.41) is 15.4. The number of hydrogen-bond donors (Lipinski definition) is 2. The first-order valence-corrected chi connectivity index (χ1v) is 6.52. The fraction of sp³-hybridized carbons (Fsp3) is 0.267. The lowest BCUT2D eigenvalue weighted by atomic mass is 10.0. The molecule has 2 rings (SSSR count). The van der Waals surface area contributed by atoms with E-state index in [1.165, 1.54) is 12.1 Å². The van der Waals surface area contributed by atoms with Crippen LogP contribution in [0.25, 0.3) is 0 Å². The Bertz CT molecular complexity index is 753. The van der Waals surface area contributed by atoms with E-state index >= 15 is 0 Å². The number of carboxylic acids is 1. The number of rotatable bonds is 4. The molecule has 0 unspecified atom stereocenters. The zero-order valence-corrected chi connectivity index (χ0v) is 11.7. The minimum absolute atomic E-state index is 0.218. The van der Waals surface area contributed by atoms with Gasteiger partial charge in [-0.3, -0.25) is 4.79 Å². The van der Waals surface area contributed by atoms with Crippen molar-refractivity contribution in [2.45, 2.75) is 26.7 Å². The van der Waals surface area contributed by atoms with Crippen LogP contribution in [0.3, 0.4) is 0 Å². The Balaban J connectivity index is 2.41. The summed E-state index contributed by atoms with van der Waals surface area (Å²) in [5.74, 6) is -2.08. The number of halogens is 1. The highest BCUT2D eigenvalue weighted by molar-refractivity contribution is 5.88. The molecule has 6 heteroatoms. The summed E-state index contributed by atoms with van der Waals surface area (Å²) < 4.78 is 13.4. The van der Waals surface area contributed by atoms with Gasteiger partial charge < -0.3 is 5.11 Å². The number of carbonyl (C=O) groups is 1. The van der Waals surface area contributed by atoms with Crippen molar-refractivity contribution in [1.82, 2.24) is 10.2 Å². The molecule has 110 valence electrons. The normalized spacial score (nSPS) is 10.6. The third-order valence-electron chi connectivity index (χ3n) is 3.44.